The number of hydrogen-bond acceptors (Lipinski definition) is 6. The quantitative estimate of drug-likeness (QED) is 0.158. The van der Waals surface area contributed by atoms with E-state index in [1.165, 1.54) is 20.8 Å². The molecular formula is C25H24Cl3CuO6P. The molecule has 11 heteroatoms. The zero-order valence-corrected chi connectivity index (χ0v) is 23.9. The summed E-state index contributed by atoms with van der Waals surface area (Å²) in [7, 11) is 12.4. The molecule has 0 aliphatic rings. The minimum atomic E-state index is -2.11. The molecule has 0 N–H and O–H groups in total. The van der Waals surface area contributed by atoms with E-state index in [-0.39, 0.29) is 17.9 Å². The Morgan fingerprint density at radius 1 is 0.556 bits per heavy atom. The van der Waals surface area contributed by atoms with Crippen LogP contribution in [0.5, 0.6) is 17.2 Å². The van der Waals surface area contributed by atoms with Crippen molar-refractivity contribution in [3.05, 3.63) is 72.8 Å². The molecular weight excluding hydrogens is 597 g/mol. The average Bonchev–Trinajstić information content (AvgIpc) is 2.78. The predicted octanol–water partition coefficient (Wildman–Crippen LogP) is 5.45. The van der Waals surface area contributed by atoms with Gasteiger partial charge in [0.2, 0.25) is 0 Å². The third-order valence-electron chi connectivity index (χ3n) is 4.84. The van der Waals surface area contributed by atoms with Crippen LogP contribution in [0.1, 0.15) is 20.8 Å². The van der Waals surface area contributed by atoms with E-state index in [0.29, 0.717) is 17.2 Å². The number of carbonyl (C=O) groups is 3. The van der Waals surface area contributed by atoms with Crippen LogP contribution in [0, 0.1) is 0 Å². The summed E-state index contributed by atoms with van der Waals surface area (Å²) in [5.41, 5.74) is 0. The molecule has 0 bridgehead atoms. The number of esters is 3. The number of carbonyl (C=O) groups excluding carboxylic acids is 3. The first-order valence-corrected chi connectivity index (χ1v) is 16.4. The van der Waals surface area contributed by atoms with Crippen molar-refractivity contribution in [1.82, 2.24) is 0 Å². The van der Waals surface area contributed by atoms with Gasteiger partial charge in [-0.15, -0.1) is 0 Å². The number of halogens is 3. The topological polar surface area (TPSA) is 78.9 Å². The van der Waals surface area contributed by atoms with Gasteiger partial charge < -0.3 is 14.2 Å². The van der Waals surface area contributed by atoms with E-state index in [1.807, 2.05) is 36.4 Å². The van der Waals surface area contributed by atoms with Gasteiger partial charge in [-0.3, -0.25) is 14.4 Å². The van der Waals surface area contributed by atoms with Crippen LogP contribution in [0.25, 0.3) is 0 Å². The number of benzene rings is 3. The number of hydrogen-bond donors (Lipinski definition) is 0. The summed E-state index contributed by atoms with van der Waals surface area (Å²) in [6.45, 7) is 6.26. The molecule has 0 radical (unpaired) electrons. The van der Waals surface area contributed by atoms with Crippen LogP contribution in [-0.4, -0.2) is 24.6 Å². The summed E-state index contributed by atoms with van der Waals surface area (Å²) in [4.78, 5) is 33.8. The Kier molecular flexibility index (Phi) is 11.7. The fraction of sp³-hybridized carbons (Fsp3) is 0.160. The van der Waals surface area contributed by atoms with Crippen molar-refractivity contribution in [2.75, 3.05) is 6.66 Å². The summed E-state index contributed by atoms with van der Waals surface area (Å²) < 4.78 is 15.5. The van der Waals surface area contributed by atoms with E-state index in [2.05, 4.69) is 6.66 Å². The maximum atomic E-state index is 11.3. The van der Waals surface area contributed by atoms with Gasteiger partial charge >= 0.3 is 59.4 Å². The summed E-state index contributed by atoms with van der Waals surface area (Å²) in [5, 5.41) is 3.19. The minimum absolute atomic E-state index is 0.377. The standard InChI is InChI=1S/C25H24O6P.3ClH.Cu/c1-17(26)29-20-5-11-23(12-6-20)32(4,24-13-7-21(8-14-24)30-18(2)27)25-15-9-22(10-16-25)31-19(3)28;;;;/h5-16H,1-4H3;3*1H;/q+1;;;;+2/p-3. The maximum absolute atomic E-state index is 11.3. The molecule has 0 unspecified atom stereocenters. The molecule has 3 aromatic rings. The fourth-order valence-corrected chi connectivity index (χ4v) is 6.51. The Morgan fingerprint density at radius 2 is 0.750 bits per heavy atom. The summed E-state index contributed by atoms with van der Waals surface area (Å²) >= 11 is -0.896. The van der Waals surface area contributed by atoms with Crippen molar-refractivity contribution >= 4 is 71.4 Å². The van der Waals surface area contributed by atoms with Gasteiger partial charge in [-0.05, 0) is 72.8 Å². The normalized spacial score (nSPS) is 10.9. The van der Waals surface area contributed by atoms with Crippen LogP contribution in [0.15, 0.2) is 72.8 Å². The van der Waals surface area contributed by atoms with E-state index < -0.39 is 18.4 Å². The van der Waals surface area contributed by atoms with Crippen LogP contribution in [0.4, 0.5) is 0 Å². The first-order valence-electron chi connectivity index (χ1n) is 10.3. The van der Waals surface area contributed by atoms with Crippen LogP contribution in [0.2, 0.25) is 0 Å². The molecule has 36 heavy (non-hydrogen) atoms. The molecule has 0 saturated heterocycles. The van der Waals surface area contributed by atoms with Crippen LogP contribution >= 0.6 is 37.6 Å². The second kappa shape index (κ2) is 14.0. The monoisotopic (exact) mass is 619 g/mol. The van der Waals surface area contributed by atoms with Gasteiger partial charge in [0.1, 0.15) is 40.4 Å². The fourth-order valence-electron chi connectivity index (χ4n) is 3.38. The third-order valence-corrected chi connectivity index (χ3v) is 8.84. The van der Waals surface area contributed by atoms with Crippen LogP contribution in [-0.2, 0) is 25.5 Å². The van der Waals surface area contributed by atoms with E-state index in [4.69, 9.17) is 44.5 Å². The second-order valence-corrected chi connectivity index (χ2v) is 15.6. The zero-order chi connectivity index (χ0) is 26.9. The van der Waals surface area contributed by atoms with Crippen molar-refractivity contribution in [3.8, 4) is 17.2 Å². The molecule has 0 aliphatic carbocycles. The van der Waals surface area contributed by atoms with Crippen LogP contribution < -0.4 is 30.1 Å². The molecule has 0 atom stereocenters. The van der Waals surface area contributed by atoms with Gasteiger partial charge in [0.15, 0.2) is 0 Å². The van der Waals surface area contributed by atoms with Gasteiger partial charge in [-0.2, -0.15) is 0 Å². The number of ether oxygens (including phenoxy) is 3. The Morgan fingerprint density at radius 3 is 0.917 bits per heavy atom. The molecule has 0 fully saturated rings. The molecule has 197 valence electrons. The first kappa shape index (κ1) is 30.1. The van der Waals surface area contributed by atoms with Crippen LogP contribution in [0.3, 0.4) is 0 Å². The van der Waals surface area contributed by atoms with Gasteiger partial charge in [0.05, 0.1) is 6.66 Å². The molecule has 0 aliphatic heterocycles. The molecule has 3 aromatic carbocycles. The molecule has 0 aromatic heterocycles. The van der Waals surface area contributed by atoms with Gasteiger partial charge in [-0.1, -0.05) is 0 Å². The average molecular weight is 621 g/mol. The zero-order valence-electron chi connectivity index (χ0n) is 19.8. The molecule has 0 heterocycles. The van der Waals surface area contributed by atoms with E-state index in [1.54, 1.807) is 36.4 Å². The van der Waals surface area contributed by atoms with Gasteiger partial charge in [-0.25, -0.2) is 0 Å². The summed E-state index contributed by atoms with van der Waals surface area (Å²) in [6.07, 6.45) is 0. The Bertz CT molecular complexity index is 1040. The van der Waals surface area contributed by atoms with Gasteiger partial charge in [0.25, 0.3) is 0 Å². The Balaban J connectivity index is 0.00000106. The molecule has 0 amide bonds. The van der Waals surface area contributed by atoms with Crippen molar-refractivity contribution in [2.24, 2.45) is 0 Å². The SMILES string of the molecule is CC(=O)Oc1ccc([P+](C)(c2ccc(OC(C)=O)cc2)c2ccc(OC(C)=O)cc2)cc1.[Cl][Cu-]([Cl])[Cl]. The predicted molar refractivity (Wildman–Crippen MR) is 143 cm³/mol. The summed E-state index contributed by atoms with van der Waals surface area (Å²) in [5.74, 6) is 0.293. The van der Waals surface area contributed by atoms with E-state index in [9.17, 15) is 14.4 Å². The van der Waals surface area contributed by atoms with Gasteiger partial charge in [0, 0.05) is 20.8 Å². The van der Waals surface area contributed by atoms with Crippen molar-refractivity contribution in [3.63, 3.8) is 0 Å². The Hall–Kier alpha value is -2.11. The summed E-state index contributed by atoms with van der Waals surface area (Å²) in [6, 6.07) is 22.3. The van der Waals surface area contributed by atoms with Crippen molar-refractivity contribution in [2.45, 2.75) is 20.8 Å². The molecule has 3 rings (SSSR count). The van der Waals surface area contributed by atoms with E-state index >= 15 is 0 Å². The Labute approximate surface area is 227 Å². The third kappa shape index (κ3) is 9.08. The molecule has 0 spiro atoms. The van der Waals surface area contributed by atoms with Crippen molar-refractivity contribution < 1.29 is 39.8 Å². The van der Waals surface area contributed by atoms with Crippen molar-refractivity contribution in [1.29, 1.82) is 0 Å². The number of rotatable bonds is 6. The second-order valence-electron chi connectivity index (χ2n) is 7.40. The molecule has 0 saturated carbocycles. The first-order chi connectivity index (χ1) is 16.9. The molecule has 6 nitrogen and oxygen atoms in total. The van der Waals surface area contributed by atoms with E-state index in [0.717, 1.165) is 15.9 Å².